The van der Waals surface area contributed by atoms with Crippen LogP contribution < -0.4 is 0 Å². The number of nitrogens with zero attached hydrogens (tertiary/aromatic N) is 4. The second kappa shape index (κ2) is 8.33. The second-order valence-corrected chi connectivity index (χ2v) is 9.85. The molecular weight excluding hydrogens is 408 g/mol. The van der Waals surface area contributed by atoms with Gasteiger partial charge in [0.2, 0.25) is 5.09 Å². The van der Waals surface area contributed by atoms with Gasteiger partial charge in [0.05, 0.1) is 5.75 Å². The Bertz CT molecular complexity index is 1100. The summed E-state index contributed by atoms with van der Waals surface area (Å²) in [4.78, 5) is 0. The number of furan rings is 1. The van der Waals surface area contributed by atoms with Crippen molar-refractivity contribution in [1.29, 1.82) is 0 Å². The van der Waals surface area contributed by atoms with E-state index in [2.05, 4.69) is 40.7 Å². The van der Waals surface area contributed by atoms with E-state index in [9.17, 15) is 8.42 Å². The molecule has 0 aliphatic carbocycles. The molecule has 0 unspecified atom stereocenters. The Hall–Kier alpha value is -2.10. The van der Waals surface area contributed by atoms with Crippen molar-refractivity contribution in [3.8, 4) is 11.4 Å². The predicted molar refractivity (Wildman–Crippen MR) is 112 cm³/mol. The molecule has 1 saturated heterocycles. The lowest BCUT2D eigenvalue weighted by molar-refractivity contribution is 0.397. The summed E-state index contributed by atoms with van der Waals surface area (Å²) in [7, 11) is -3.53. The van der Waals surface area contributed by atoms with Gasteiger partial charge in [-0.3, -0.25) is 0 Å². The largest absolute Gasteiger partial charge is 0.447 e. The number of aromatic nitrogens is 3. The van der Waals surface area contributed by atoms with Gasteiger partial charge < -0.3 is 8.98 Å². The molecule has 1 fully saturated rings. The van der Waals surface area contributed by atoms with Gasteiger partial charge in [0.25, 0.3) is 10.0 Å². The first-order valence-corrected chi connectivity index (χ1v) is 12.1. The monoisotopic (exact) mass is 432 g/mol. The van der Waals surface area contributed by atoms with Crippen LogP contribution in [-0.4, -0.2) is 40.6 Å². The van der Waals surface area contributed by atoms with Gasteiger partial charge in [0.15, 0.2) is 11.0 Å². The topological polar surface area (TPSA) is 81.2 Å². The van der Waals surface area contributed by atoms with Crippen LogP contribution >= 0.6 is 11.8 Å². The number of benzene rings is 1. The fourth-order valence-electron chi connectivity index (χ4n) is 3.44. The number of thioether (sulfide) groups is 1. The molecule has 9 heteroatoms. The fourth-order valence-corrected chi connectivity index (χ4v) is 5.79. The summed E-state index contributed by atoms with van der Waals surface area (Å²) in [6, 6.07) is 11.5. The molecule has 3 heterocycles. The van der Waals surface area contributed by atoms with E-state index in [0.717, 1.165) is 35.9 Å². The molecule has 154 valence electrons. The number of aryl methyl sites for hydroxylation is 1. The van der Waals surface area contributed by atoms with E-state index < -0.39 is 10.0 Å². The Morgan fingerprint density at radius 1 is 1.14 bits per heavy atom. The maximum atomic E-state index is 12.6. The summed E-state index contributed by atoms with van der Waals surface area (Å²) < 4.78 is 34.4. The highest BCUT2D eigenvalue weighted by Crippen LogP contribution is 2.29. The van der Waals surface area contributed by atoms with Gasteiger partial charge in [0.1, 0.15) is 5.76 Å². The van der Waals surface area contributed by atoms with Crippen LogP contribution in [0.3, 0.4) is 0 Å². The zero-order valence-corrected chi connectivity index (χ0v) is 18.2. The molecule has 0 atom stereocenters. The Labute approximate surface area is 175 Å². The van der Waals surface area contributed by atoms with E-state index >= 15 is 0 Å². The first-order valence-electron chi connectivity index (χ1n) is 9.71. The molecule has 1 aromatic carbocycles. The number of hydrogen-bond donors (Lipinski definition) is 0. The van der Waals surface area contributed by atoms with E-state index in [1.807, 2.05) is 12.1 Å². The molecule has 3 aromatic rings. The third kappa shape index (κ3) is 4.12. The van der Waals surface area contributed by atoms with Crippen molar-refractivity contribution in [2.75, 3.05) is 13.1 Å². The highest BCUT2D eigenvalue weighted by atomic mass is 32.2. The summed E-state index contributed by atoms with van der Waals surface area (Å²) >= 11 is 1.49. The SMILES string of the molecule is CCn1c(SCc2ccc(S(=O)(=O)N3CCCC3)o2)nnc1-c1cccc(C)c1. The highest BCUT2D eigenvalue weighted by Gasteiger charge is 2.30. The van der Waals surface area contributed by atoms with Crippen molar-refractivity contribution >= 4 is 21.8 Å². The van der Waals surface area contributed by atoms with Gasteiger partial charge in [-0.25, -0.2) is 8.42 Å². The average molecular weight is 433 g/mol. The van der Waals surface area contributed by atoms with Gasteiger partial charge >= 0.3 is 0 Å². The summed E-state index contributed by atoms with van der Waals surface area (Å²) in [5, 5.41) is 9.50. The molecule has 2 aromatic heterocycles. The third-order valence-electron chi connectivity index (χ3n) is 4.95. The van der Waals surface area contributed by atoms with Crippen LogP contribution in [-0.2, 0) is 22.3 Å². The summed E-state index contributed by atoms with van der Waals surface area (Å²) in [6.45, 7) is 5.98. The zero-order chi connectivity index (χ0) is 20.4. The van der Waals surface area contributed by atoms with Gasteiger partial charge in [-0.2, -0.15) is 4.31 Å². The minimum absolute atomic E-state index is 0.0207. The van der Waals surface area contributed by atoms with Crippen molar-refractivity contribution in [2.24, 2.45) is 0 Å². The van der Waals surface area contributed by atoms with Crippen LogP contribution in [0.1, 0.15) is 31.1 Å². The Morgan fingerprint density at radius 3 is 2.66 bits per heavy atom. The van der Waals surface area contributed by atoms with E-state index in [1.54, 1.807) is 12.1 Å². The molecule has 0 bridgehead atoms. The summed E-state index contributed by atoms with van der Waals surface area (Å²) in [5.41, 5.74) is 2.20. The molecule has 0 spiro atoms. The van der Waals surface area contributed by atoms with E-state index in [4.69, 9.17) is 4.42 Å². The van der Waals surface area contributed by atoms with E-state index in [-0.39, 0.29) is 5.09 Å². The molecule has 0 amide bonds. The van der Waals surface area contributed by atoms with Gasteiger partial charge in [-0.15, -0.1) is 10.2 Å². The molecule has 29 heavy (non-hydrogen) atoms. The molecule has 0 N–H and O–H groups in total. The molecule has 0 saturated carbocycles. The van der Waals surface area contributed by atoms with Crippen molar-refractivity contribution in [1.82, 2.24) is 19.1 Å². The third-order valence-corrected chi connectivity index (χ3v) is 7.71. The maximum Gasteiger partial charge on any atom is 0.276 e. The van der Waals surface area contributed by atoms with Crippen LogP contribution in [0.25, 0.3) is 11.4 Å². The fraction of sp³-hybridized carbons (Fsp3) is 0.400. The van der Waals surface area contributed by atoms with E-state index in [1.165, 1.54) is 21.6 Å². The van der Waals surface area contributed by atoms with Gasteiger partial charge in [-0.05, 0) is 44.9 Å². The van der Waals surface area contributed by atoms with E-state index in [0.29, 0.717) is 24.6 Å². The van der Waals surface area contributed by atoms with Crippen molar-refractivity contribution in [3.63, 3.8) is 0 Å². The minimum Gasteiger partial charge on any atom is -0.447 e. The maximum absolute atomic E-state index is 12.6. The normalized spacial score (nSPS) is 15.2. The van der Waals surface area contributed by atoms with Crippen LogP contribution in [0.4, 0.5) is 0 Å². The number of hydrogen-bond acceptors (Lipinski definition) is 6. The Morgan fingerprint density at radius 2 is 1.93 bits per heavy atom. The number of sulfonamides is 1. The van der Waals surface area contributed by atoms with Crippen LogP contribution in [0, 0.1) is 6.92 Å². The first kappa shape index (κ1) is 20.2. The quantitative estimate of drug-likeness (QED) is 0.526. The Kier molecular flexibility index (Phi) is 5.80. The Balaban J connectivity index is 1.49. The van der Waals surface area contributed by atoms with Crippen molar-refractivity contribution in [3.05, 3.63) is 47.7 Å². The van der Waals surface area contributed by atoms with Gasteiger partial charge in [-0.1, -0.05) is 35.5 Å². The van der Waals surface area contributed by atoms with Gasteiger partial charge in [0, 0.05) is 25.2 Å². The number of rotatable bonds is 7. The summed E-state index contributed by atoms with van der Waals surface area (Å²) in [6.07, 6.45) is 1.80. The zero-order valence-electron chi connectivity index (χ0n) is 16.5. The van der Waals surface area contributed by atoms with Crippen molar-refractivity contribution in [2.45, 2.75) is 49.2 Å². The first-order chi connectivity index (χ1) is 14.0. The van der Waals surface area contributed by atoms with Crippen molar-refractivity contribution < 1.29 is 12.8 Å². The standard InChI is InChI=1S/C20H24N4O3S2/c1-3-24-19(16-8-6-7-15(2)13-16)21-22-20(24)28-14-17-9-10-18(27-17)29(25,26)23-11-4-5-12-23/h6-10,13H,3-5,11-12,14H2,1-2H3. The lowest BCUT2D eigenvalue weighted by Gasteiger charge is -2.12. The molecular formula is C20H24N4O3S2. The van der Waals surface area contributed by atoms with Crippen LogP contribution in [0.5, 0.6) is 0 Å². The predicted octanol–water partition coefficient (Wildman–Crippen LogP) is 3.94. The molecule has 7 nitrogen and oxygen atoms in total. The minimum atomic E-state index is -3.53. The molecule has 4 rings (SSSR count). The molecule has 1 aliphatic rings. The lowest BCUT2D eigenvalue weighted by Crippen LogP contribution is -2.27. The second-order valence-electron chi connectivity index (χ2n) is 7.04. The summed E-state index contributed by atoms with van der Waals surface area (Å²) in [5.74, 6) is 1.92. The molecule has 1 aliphatic heterocycles. The van der Waals surface area contributed by atoms with Crippen LogP contribution in [0.2, 0.25) is 0 Å². The average Bonchev–Trinajstić information content (AvgIpc) is 3.47. The van der Waals surface area contributed by atoms with Crippen LogP contribution in [0.15, 0.2) is 51.1 Å². The smallest absolute Gasteiger partial charge is 0.276 e. The lowest BCUT2D eigenvalue weighted by atomic mass is 10.1. The highest BCUT2D eigenvalue weighted by molar-refractivity contribution is 7.98. The molecule has 0 radical (unpaired) electrons.